The van der Waals surface area contributed by atoms with Crippen molar-refractivity contribution in [2.75, 3.05) is 7.11 Å². The molecule has 0 amide bonds. The number of hydrogen-bond donors (Lipinski definition) is 2. The number of aryl methyl sites for hydroxylation is 2. The first-order chi connectivity index (χ1) is 9.10. The maximum absolute atomic E-state index is 13.5. The number of H-pyrrole nitrogens is 2. The summed E-state index contributed by atoms with van der Waals surface area (Å²) >= 11 is 0. The molecule has 0 bridgehead atoms. The van der Waals surface area contributed by atoms with Crippen LogP contribution >= 0.6 is 0 Å². The standard InChI is InChI=1S/C13H13FN2O3/c1-19-12-5-3-8(6-10(12)14)2-4-9-7-11(17)13(18)16-15-9/h3,5-7H,2,4H2,1H3,(H,15,17)(H,16,18). The van der Waals surface area contributed by atoms with Crippen LogP contribution in [0.3, 0.4) is 0 Å². The Morgan fingerprint density at radius 3 is 2.58 bits per heavy atom. The second-order valence-electron chi connectivity index (χ2n) is 4.08. The summed E-state index contributed by atoms with van der Waals surface area (Å²) < 4.78 is 18.3. The van der Waals surface area contributed by atoms with Crippen LogP contribution in [0.15, 0.2) is 33.9 Å². The number of hydrogen-bond acceptors (Lipinski definition) is 3. The van der Waals surface area contributed by atoms with Crippen LogP contribution in [0.4, 0.5) is 4.39 Å². The smallest absolute Gasteiger partial charge is 0.310 e. The second kappa shape index (κ2) is 5.51. The first kappa shape index (κ1) is 13.1. The summed E-state index contributed by atoms with van der Waals surface area (Å²) in [7, 11) is 1.41. The Bertz CT molecular complexity index is 691. The molecule has 0 aliphatic rings. The lowest BCUT2D eigenvalue weighted by atomic mass is 10.1. The lowest BCUT2D eigenvalue weighted by Gasteiger charge is -2.05. The fourth-order valence-electron chi connectivity index (χ4n) is 1.74. The average Bonchev–Trinajstić information content (AvgIpc) is 2.40. The third kappa shape index (κ3) is 3.09. The Morgan fingerprint density at radius 1 is 1.16 bits per heavy atom. The van der Waals surface area contributed by atoms with Gasteiger partial charge in [0.15, 0.2) is 11.6 Å². The zero-order valence-electron chi connectivity index (χ0n) is 10.3. The fraction of sp³-hybridized carbons (Fsp3) is 0.231. The highest BCUT2D eigenvalue weighted by molar-refractivity contribution is 5.29. The zero-order valence-corrected chi connectivity index (χ0v) is 10.3. The highest BCUT2D eigenvalue weighted by Crippen LogP contribution is 2.18. The molecule has 1 aromatic carbocycles. The summed E-state index contributed by atoms with van der Waals surface area (Å²) in [5, 5.41) is 4.88. The van der Waals surface area contributed by atoms with E-state index in [-0.39, 0.29) is 5.75 Å². The summed E-state index contributed by atoms with van der Waals surface area (Å²) in [4.78, 5) is 22.0. The number of aromatic nitrogens is 2. The third-order valence-electron chi connectivity index (χ3n) is 2.76. The van der Waals surface area contributed by atoms with Gasteiger partial charge >= 0.3 is 5.56 Å². The monoisotopic (exact) mass is 264 g/mol. The minimum absolute atomic E-state index is 0.196. The third-order valence-corrected chi connectivity index (χ3v) is 2.76. The minimum atomic E-state index is -0.681. The normalized spacial score (nSPS) is 10.4. The molecule has 0 aliphatic heterocycles. The molecule has 2 N–H and O–H groups in total. The molecular formula is C13H13FN2O3. The number of aromatic amines is 2. The van der Waals surface area contributed by atoms with Gasteiger partial charge in [-0.15, -0.1) is 0 Å². The molecule has 0 radical (unpaired) electrons. The van der Waals surface area contributed by atoms with E-state index in [0.717, 1.165) is 5.56 Å². The Morgan fingerprint density at radius 2 is 1.95 bits per heavy atom. The van der Waals surface area contributed by atoms with Gasteiger partial charge in [-0.2, -0.15) is 0 Å². The summed E-state index contributed by atoms with van der Waals surface area (Å²) in [6.07, 6.45) is 1.04. The number of halogens is 1. The van der Waals surface area contributed by atoms with Gasteiger partial charge in [-0.1, -0.05) is 6.07 Å². The number of methoxy groups -OCH3 is 1. The van der Waals surface area contributed by atoms with E-state index in [2.05, 4.69) is 10.2 Å². The Balaban J connectivity index is 2.10. The molecule has 0 fully saturated rings. The van der Waals surface area contributed by atoms with Gasteiger partial charge in [-0.05, 0) is 30.5 Å². The van der Waals surface area contributed by atoms with Crippen LogP contribution in [-0.4, -0.2) is 17.3 Å². The highest BCUT2D eigenvalue weighted by atomic mass is 19.1. The summed E-state index contributed by atoms with van der Waals surface area (Å²) in [5.41, 5.74) is 0.111. The molecule has 1 heterocycles. The van der Waals surface area contributed by atoms with E-state index in [4.69, 9.17) is 4.74 Å². The Kier molecular flexibility index (Phi) is 3.79. The van der Waals surface area contributed by atoms with Gasteiger partial charge < -0.3 is 9.84 Å². The van der Waals surface area contributed by atoms with Crippen molar-refractivity contribution in [1.29, 1.82) is 0 Å². The predicted molar refractivity (Wildman–Crippen MR) is 68.0 cm³/mol. The molecule has 6 heteroatoms. The van der Waals surface area contributed by atoms with E-state index in [1.807, 2.05) is 0 Å². The Labute approximate surface area is 108 Å². The lowest BCUT2D eigenvalue weighted by molar-refractivity contribution is 0.386. The average molecular weight is 264 g/mol. The molecule has 100 valence electrons. The SMILES string of the molecule is COc1ccc(CCc2cc(=O)c(=O)[nH][nH]2)cc1F. The maximum atomic E-state index is 13.5. The van der Waals surface area contributed by atoms with E-state index in [1.165, 1.54) is 19.2 Å². The molecular weight excluding hydrogens is 251 g/mol. The zero-order chi connectivity index (χ0) is 13.8. The first-order valence-electron chi connectivity index (χ1n) is 5.73. The Hall–Kier alpha value is -2.37. The van der Waals surface area contributed by atoms with Crippen molar-refractivity contribution in [2.45, 2.75) is 12.8 Å². The summed E-state index contributed by atoms with van der Waals surface area (Å²) in [6.45, 7) is 0. The minimum Gasteiger partial charge on any atom is -0.494 e. The van der Waals surface area contributed by atoms with Gasteiger partial charge in [0.25, 0.3) is 0 Å². The second-order valence-corrected chi connectivity index (χ2v) is 4.08. The number of benzene rings is 1. The van der Waals surface area contributed by atoms with Crippen molar-refractivity contribution in [2.24, 2.45) is 0 Å². The first-order valence-corrected chi connectivity index (χ1v) is 5.73. The van der Waals surface area contributed by atoms with Crippen molar-refractivity contribution in [3.63, 3.8) is 0 Å². The summed E-state index contributed by atoms with van der Waals surface area (Å²) in [6, 6.07) is 5.95. The van der Waals surface area contributed by atoms with Crippen LogP contribution in [0, 0.1) is 5.82 Å². The molecule has 0 aliphatic carbocycles. The van der Waals surface area contributed by atoms with Gasteiger partial charge in [0, 0.05) is 11.8 Å². The lowest BCUT2D eigenvalue weighted by Crippen LogP contribution is -2.27. The van der Waals surface area contributed by atoms with Crippen molar-refractivity contribution >= 4 is 0 Å². The largest absolute Gasteiger partial charge is 0.494 e. The van der Waals surface area contributed by atoms with Crippen molar-refractivity contribution < 1.29 is 9.13 Å². The molecule has 5 nitrogen and oxygen atoms in total. The van der Waals surface area contributed by atoms with Gasteiger partial charge in [0.05, 0.1) is 7.11 Å². The van der Waals surface area contributed by atoms with Crippen LogP contribution in [0.1, 0.15) is 11.3 Å². The van der Waals surface area contributed by atoms with Crippen LogP contribution in [0.5, 0.6) is 5.75 Å². The number of rotatable bonds is 4. The van der Waals surface area contributed by atoms with E-state index < -0.39 is 16.8 Å². The van der Waals surface area contributed by atoms with E-state index in [9.17, 15) is 14.0 Å². The quantitative estimate of drug-likeness (QED) is 0.809. The molecule has 0 saturated heterocycles. The van der Waals surface area contributed by atoms with E-state index in [0.29, 0.717) is 18.5 Å². The van der Waals surface area contributed by atoms with Crippen molar-refractivity contribution in [3.05, 3.63) is 61.9 Å². The molecule has 0 saturated carbocycles. The van der Waals surface area contributed by atoms with Crippen LogP contribution in [0.2, 0.25) is 0 Å². The van der Waals surface area contributed by atoms with Crippen LogP contribution in [0.25, 0.3) is 0 Å². The molecule has 2 aromatic rings. The maximum Gasteiger partial charge on any atom is 0.310 e. The summed E-state index contributed by atoms with van der Waals surface area (Å²) in [5.74, 6) is -0.226. The highest BCUT2D eigenvalue weighted by Gasteiger charge is 2.04. The number of nitrogens with one attached hydrogen (secondary N) is 2. The molecule has 0 unspecified atom stereocenters. The molecule has 1 aromatic heterocycles. The molecule has 0 atom stereocenters. The molecule has 2 rings (SSSR count). The predicted octanol–water partition coefficient (Wildman–Crippen LogP) is 0.996. The van der Waals surface area contributed by atoms with Gasteiger partial charge in [-0.3, -0.25) is 14.7 Å². The molecule has 0 spiro atoms. The fourth-order valence-corrected chi connectivity index (χ4v) is 1.74. The van der Waals surface area contributed by atoms with Crippen LogP contribution in [-0.2, 0) is 12.8 Å². The van der Waals surface area contributed by atoms with Gasteiger partial charge in [0.2, 0.25) is 5.43 Å². The van der Waals surface area contributed by atoms with Gasteiger partial charge in [-0.25, -0.2) is 4.39 Å². The van der Waals surface area contributed by atoms with Gasteiger partial charge in [0.1, 0.15) is 0 Å². The topological polar surface area (TPSA) is 75.0 Å². The number of ether oxygens (including phenoxy) is 1. The van der Waals surface area contributed by atoms with Crippen molar-refractivity contribution in [3.8, 4) is 5.75 Å². The van der Waals surface area contributed by atoms with E-state index >= 15 is 0 Å². The van der Waals surface area contributed by atoms with E-state index in [1.54, 1.807) is 12.1 Å². The van der Waals surface area contributed by atoms with Crippen molar-refractivity contribution in [1.82, 2.24) is 10.2 Å². The molecule has 19 heavy (non-hydrogen) atoms. The van der Waals surface area contributed by atoms with Crippen LogP contribution < -0.4 is 15.7 Å².